The van der Waals surface area contributed by atoms with Crippen LogP contribution in [0.15, 0.2) is 35.5 Å². The summed E-state index contributed by atoms with van der Waals surface area (Å²) in [5.41, 5.74) is -0.344. The molecule has 0 fully saturated rings. The number of hydrogen-bond donors (Lipinski definition) is 1. The van der Waals surface area contributed by atoms with Gasteiger partial charge in [-0.05, 0) is 18.2 Å². The number of rotatable bonds is 3. The van der Waals surface area contributed by atoms with Crippen LogP contribution in [-0.2, 0) is 9.84 Å². The van der Waals surface area contributed by atoms with E-state index in [0.29, 0.717) is 0 Å². The van der Waals surface area contributed by atoms with Crippen LogP contribution in [0.25, 0.3) is 0 Å². The number of anilines is 1. The lowest BCUT2D eigenvalue weighted by molar-refractivity contribution is 0.102. The molecule has 2 aromatic rings. The summed E-state index contributed by atoms with van der Waals surface area (Å²) in [6, 6.07) is 3.11. The summed E-state index contributed by atoms with van der Waals surface area (Å²) in [5, 5.41) is 2.34. The zero-order valence-corrected chi connectivity index (χ0v) is 12.2. The maximum Gasteiger partial charge on any atom is 0.275 e. The van der Waals surface area contributed by atoms with Gasteiger partial charge in [0.05, 0.1) is 23.0 Å². The van der Waals surface area contributed by atoms with Gasteiger partial charge in [-0.25, -0.2) is 22.8 Å². The Morgan fingerprint density at radius 2 is 2.00 bits per heavy atom. The Hall–Kier alpha value is -2.06. The molecule has 1 amide bonds. The zero-order chi connectivity index (χ0) is 15.6. The molecule has 6 nitrogen and oxygen atoms in total. The molecule has 0 aliphatic carbocycles. The van der Waals surface area contributed by atoms with Gasteiger partial charge in [-0.15, -0.1) is 0 Å². The van der Waals surface area contributed by atoms with Gasteiger partial charge in [0.1, 0.15) is 16.7 Å². The number of nitrogens with zero attached hydrogens (tertiary/aromatic N) is 2. The van der Waals surface area contributed by atoms with Gasteiger partial charge in [-0.3, -0.25) is 4.79 Å². The van der Waals surface area contributed by atoms with Gasteiger partial charge in [0.2, 0.25) is 0 Å². The van der Waals surface area contributed by atoms with Gasteiger partial charge in [0.25, 0.3) is 5.91 Å². The number of aromatic nitrogens is 2. The predicted molar refractivity (Wildman–Crippen MR) is 74.5 cm³/mol. The molecule has 0 radical (unpaired) electrons. The molecule has 0 unspecified atom stereocenters. The average Bonchev–Trinajstić information content (AvgIpc) is 2.40. The number of carbonyl (C=O) groups is 1. The van der Waals surface area contributed by atoms with Crippen molar-refractivity contribution in [2.75, 3.05) is 11.6 Å². The van der Waals surface area contributed by atoms with E-state index in [2.05, 4.69) is 15.3 Å². The van der Waals surface area contributed by atoms with Crippen molar-refractivity contribution in [3.8, 4) is 0 Å². The minimum atomic E-state index is -3.51. The van der Waals surface area contributed by atoms with Gasteiger partial charge in [-0.1, -0.05) is 11.6 Å². The largest absolute Gasteiger partial charge is 0.318 e. The van der Waals surface area contributed by atoms with Crippen LogP contribution in [-0.4, -0.2) is 30.5 Å². The van der Waals surface area contributed by atoms with Crippen molar-refractivity contribution in [2.45, 2.75) is 4.90 Å². The Morgan fingerprint density at radius 3 is 2.57 bits per heavy atom. The summed E-state index contributed by atoms with van der Waals surface area (Å²) in [4.78, 5) is 19.2. The molecule has 9 heteroatoms. The standard InChI is InChI=1S/C12H9ClFN3O3S/c1-21(19,20)7-2-3-8(14)9(4-7)17-12(18)10-5-16-11(13)6-15-10/h2-6H,1H3,(H,17,18). The Bertz CT molecular complexity index is 794. The molecule has 0 aliphatic rings. The fourth-order valence-corrected chi connectivity index (χ4v) is 2.19. The number of carbonyl (C=O) groups excluding carboxylic acids is 1. The van der Waals surface area contributed by atoms with Crippen molar-refractivity contribution in [1.82, 2.24) is 9.97 Å². The molecule has 0 saturated heterocycles. The maximum atomic E-state index is 13.6. The van der Waals surface area contributed by atoms with E-state index in [4.69, 9.17) is 11.6 Å². The number of hydrogen-bond acceptors (Lipinski definition) is 5. The molecule has 0 aliphatic heterocycles. The predicted octanol–water partition coefficient (Wildman–Crippen LogP) is 1.92. The number of benzene rings is 1. The van der Waals surface area contributed by atoms with Gasteiger partial charge in [0.15, 0.2) is 9.84 Å². The van der Waals surface area contributed by atoms with Crippen molar-refractivity contribution in [1.29, 1.82) is 0 Å². The van der Waals surface area contributed by atoms with E-state index < -0.39 is 21.6 Å². The van der Waals surface area contributed by atoms with Crippen LogP contribution in [0.2, 0.25) is 5.15 Å². The first kappa shape index (κ1) is 15.3. The summed E-state index contributed by atoms with van der Waals surface area (Å²) < 4.78 is 36.5. The van der Waals surface area contributed by atoms with Gasteiger partial charge in [0, 0.05) is 6.26 Å². The first-order valence-corrected chi connectivity index (χ1v) is 7.83. The molecule has 1 heterocycles. The van der Waals surface area contributed by atoms with E-state index in [0.717, 1.165) is 30.7 Å². The number of sulfone groups is 1. The van der Waals surface area contributed by atoms with Crippen molar-refractivity contribution in [3.63, 3.8) is 0 Å². The minimum absolute atomic E-state index is 0.0800. The van der Waals surface area contributed by atoms with Crippen LogP contribution >= 0.6 is 11.6 Å². The van der Waals surface area contributed by atoms with E-state index in [1.165, 1.54) is 6.20 Å². The molecular weight excluding hydrogens is 321 g/mol. The summed E-state index contributed by atoms with van der Waals surface area (Å²) in [6.07, 6.45) is 3.27. The molecule has 1 aromatic heterocycles. The van der Waals surface area contributed by atoms with Crippen LogP contribution in [0.1, 0.15) is 10.5 Å². The highest BCUT2D eigenvalue weighted by Crippen LogP contribution is 2.20. The number of amides is 1. The first-order valence-electron chi connectivity index (χ1n) is 5.56. The fourth-order valence-electron chi connectivity index (χ4n) is 1.45. The van der Waals surface area contributed by atoms with Crippen LogP contribution < -0.4 is 5.32 Å². The molecule has 110 valence electrons. The average molecular weight is 330 g/mol. The number of halogens is 2. The Labute approximate surface area is 124 Å². The van der Waals surface area contributed by atoms with Gasteiger partial charge in [-0.2, -0.15) is 0 Å². The Balaban J connectivity index is 2.31. The second kappa shape index (κ2) is 5.74. The third-order valence-corrected chi connectivity index (χ3v) is 3.77. The molecule has 2 rings (SSSR count). The van der Waals surface area contributed by atoms with Gasteiger partial charge >= 0.3 is 0 Å². The van der Waals surface area contributed by atoms with E-state index in [1.807, 2.05) is 0 Å². The molecule has 0 spiro atoms. The minimum Gasteiger partial charge on any atom is -0.318 e. The smallest absolute Gasteiger partial charge is 0.275 e. The van der Waals surface area contributed by atoms with E-state index in [1.54, 1.807) is 0 Å². The van der Waals surface area contributed by atoms with Crippen LogP contribution in [0, 0.1) is 5.82 Å². The lowest BCUT2D eigenvalue weighted by atomic mass is 10.3. The molecule has 21 heavy (non-hydrogen) atoms. The highest BCUT2D eigenvalue weighted by atomic mass is 35.5. The fraction of sp³-hybridized carbons (Fsp3) is 0.0833. The lowest BCUT2D eigenvalue weighted by Gasteiger charge is -2.07. The quantitative estimate of drug-likeness (QED) is 0.869. The highest BCUT2D eigenvalue weighted by Gasteiger charge is 2.15. The van der Waals surface area contributed by atoms with Crippen LogP contribution in [0.4, 0.5) is 10.1 Å². The third-order valence-electron chi connectivity index (χ3n) is 2.47. The molecular formula is C12H9ClFN3O3S. The Morgan fingerprint density at radius 1 is 1.29 bits per heavy atom. The monoisotopic (exact) mass is 329 g/mol. The Kier molecular flexibility index (Phi) is 4.19. The molecule has 0 saturated carbocycles. The van der Waals surface area contributed by atoms with E-state index in [-0.39, 0.29) is 21.4 Å². The molecule has 0 bridgehead atoms. The third kappa shape index (κ3) is 3.73. The normalized spacial score (nSPS) is 11.2. The summed E-state index contributed by atoms with van der Waals surface area (Å²) >= 11 is 5.54. The summed E-state index contributed by atoms with van der Waals surface area (Å²) in [5.74, 6) is -1.50. The topological polar surface area (TPSA) is 89.0 Å². The van der Waals surface area contributed by atoms with Crippen molar-refractivity contribution >= 4 is 33.0 Å². The van der Waals surface area contributed by atoms with Crippen molar-refractivity contribution in [3.05, 3.63) is 47.3 Å². The second-order valence-corrected chi connectivity index (χ2v) is 6.50. The first-order chi connectivity index (χ1) is 9.77. The summed E-state index contributed by atoms with van der Waals surface area (Å²) in [7, 11) is -3.51. The lowest BCUT2D eigenvalue weighted by Crippen LogP contribution is -2.15. The highest BCUT2D eigenvalue weighted by molar-refractivity contribution is 7.90. The van der Waals surface area contributed by atoms with Gasteiger partial charge < -0.3 is 5.32 Å². The molecule has 0 atom stereocenters. The van der Waals surface area contributed by atoms with E-state index in [9.17, 15) is 17.6 Å². The van der Waals surface area contributed by atoms with Crippen molar-refractivity contribution in [2.24, 2.45) is 0 Å². The summed E-state index contributed by atoms with van der Waals surface area (Å²) in [6.45, 7) is 0. The molecule has 1 aromatic carbocycles. The SMILES string of the molecule is CS(=O)(=O)c1ccc(F)c(NC(=O)c2cnc(Cl)cn2)c1. The van der Waals surface area contributed by atoms with Crippen LogP contribution in [0.5, 0.6) is 0 Å². The van der Waals surface area contributed by atoms with E-state index >= 15 is 0 Å². The molecule has 1 N–H and O–H groups in total. The van der Waals surface area contributed by atoms with Crippen LogP contribution in [0.3, 0.4) is 0 Å². The second-order valence-electron chi connectivity index (χ2n) is 4.09. The maximum absolute atomic E-state index is 13.6. The number of nitrogens with one attached hydrogen (secondary N) is 1. The zero-order valence-electron chi connectivity index (χ0n) is 10.7. The van der Waals surface area contributed by atoms with Crippen molar-refractivity contribution < 1.29 is 17.6 Å².